The van der Waals surface area contributed by atoms with Gasteiger partial charge in [0.25, 0.3) is 0 Å². The van der Waals surface area contributed by atoms with Crippen molar-refractivity contribution >= 4 is 28.9 Å². The van der Waals surface area contributed by atoms with E-state index in [0.717, 1.165) is 12.2 Å². The smallest absolute Gasteiger partial charge is 0.0823 e. The summed E-state index contributed by atoms with van der Waals surface area (Å²) < 4.78 is 0. The highest BCUT2D eigenvalue weighted by atomic mass is 35.5. The van der Waals surface area contributed by atoms with E-state index in [2.05, 4.69) is 43.4 Å². The molecule has 2 aromatic carbocycles. The normalized spacial score (nSPS) is 10.8. The minimum absolute atomic E-state index is 0.560. The van der Waals surface area contributed by atoms with Crippen LogP contribution in [0.5, 0.6) is 0 Å². The van der Waals surface area contributed by atoms with Crippen molar-refractivity contribution in [1.29, 1.82) is 0 Å². The van der Waals surface area contributed by atoms with Crippen LogP contribution in [0.25, 0.3) is 0 Å². The van der Waals surface area contributed by atoms with Gasteiger partial charge < -0.3 is 5.32 Å². The zero-order chi connectivity index (χ0) is 13.8. The Morgan fingerprint density at radius 3 is 2.32 bits per heavy atom. The fourth-order valence-electron chi connectivity index (χ4n) is 1.86. The molecule has 0 atom stereocenters. The van der Waals surface area contributed by atoms with Gasteiger partial charge in [0.05, 0.1) is 15.7 Å². The molecule has 0 fully saturated rings. The Kier molecular flexibility index (Phi) is 4.73. The highest BCUT2D eigenvalue weighted by Crippen LogP contribution is 2.29. The van der Waals surface area contributed by atoms with Gasteiger partial charge >= 0.3 is 0 Å². The average Bonchev–Trinajstić information content (AvgIpc) is 2.41. The van der Waals surface area contributed by atoms with Crippen molar-refractivity contribution in [2.75, 3.05) is 5.32 Å². The van der Waals surface area contributed by atoms with Crippen molar-refractivity contribution in [3.05, 3.63) is 63.6 Å². The summed E-state index contributed by atoms with van der Waals surface area (Å²) in [4.78, 5) is 0. The van der Waals surface area contributed by atoms with Crippen LogP contribution in [-0.4, -0.2) is 0 Å². The molecule has 0 unspecified atom stereocenters. The van der Waals surface area contributed by atoms with Gasteiger partial charge in [-0.25, -0.2) is 0 Å². The minimum atomic E-state index is 0.560. The van der Waals surface area contributed by atoms with E-state index in [4.69, 9.17) is 23.2 Å². The molecule has 1 nitrogen and oxygen atoms in total. The van der Waals surface area contributed by atoms with Crippen molar-refractivity contribution in [3.8, 4) is 0 Å². The molecule has 0 radical (unpaired) electrons. The summed E-state index contributed by atoms with van der Waals surface area (Å²) >= 11 is 12.1. The lowest BCUT2D eigenvalue weighted by Crippen LogP contribution is -2.00. The van der Waals surface area contributed by atoms with Gasteiger partial charge in [-0.2, -0.15) is 0 Å². The zero-order valence-electron chi connectivity index (χ0n) is 11.1. The third-order valence-corrected chi connectivity index (χ3v) is 3.90. The van der Waals surface area contributed by atoms with Gasteiger partial charge in [0, 0.05) is 6.54 Å². The van der Waals surface area contributed by atoms with Gasteiger partial charge in [-0.1, -0.05) is 67.4 Å². The molecule has 0 spiro atoms. The molecule has 0 aromatic heterocycles. The number of nitrogens with one attached hydrogen (secondary N) is 1. The van der Waals surface area contributed by atoms with Crippen LogP contribution in [0.4, 0.5) is 5.69 Å². The number of halogens is 2. The van der Waals surface area contributed by atoms with Crippen molar-refractivity contribution in [2.45, 2.75) is 26.3 Å². The van der Waals surface area contributed by atoms with Crippen LogP contribution >= 0.6 is 23.2 Å². The van der Waals surface area contributed by atoms with E-state index in [0.29, 0.717) is 16.0 Å². The SMILES string of the molecule is CC(C)c1ccc(CNc2cccc(Cl)c2Cl)cc1. The summed E-state index contributed by atoms with van der Waals surface area (Å²) in [5, 5.41) is 4.45. The summed E-state index contributed by atoms with van der Waals surface area (Å²) in [5.41, 5.74) is 3.44. The summed E-state index contributed by atoms with van der Waals surface area (Å²) in [6.07, 6.45) is 0. The van der Waals surface area contributed by atoms with Crippen LogP contribution in [0.2, 0.25) is 10.0 Å². The van der Waals surface area contributed by atoms with E-state index in [1.165, 1.54) is 11.1 Å². The van der Waals surface area contributed by atoms with Gasteiger partial charge in [0.15, 0.2) is 0 Å². The monoisotopic (exact) mass is 293 g/mol. The van der Waals surface area contributed by atoms with Crippen LogP contribution < -0.4 is 5.32 Å². The maximum absolute atomic E-state index is 6.13. The van der Waals surface area contributed by atoms with E-state index < -0.39 is 0 Å². The van der Waals surface area contributed by atoms with Crippen molar-refractivity contribution < 1.29 is 0 Å². The lowest BCUT2D eigenvalue weighted by Gasteiger charge is -2.10. The maximum atomic E-state index is 6.13. The largest absolute Gasteiger partial charge is 0.380 e. The Bertz CT molecular complexity index is 547. The molecule has 0 bridgehead atoms. The van der Waals surface area contributed by atoms with Gasteiger partial charge in [0.2, 0.25) is 0 Å². The van der Waals surface area contributed by atoms with E-state index in [-0.39, 0.29) is 0 Å². The molecule has 2 rings (SSSR count). The number of anilines is 1. The number of hydrogen-bond donors (Lipinski definition) is 1. The molecule has 1 N–H and O–H groups in total. The predicted molar refractivity (Wildman–Crippen MR) is 84.3 cm³/mol. The molecule has 0 aliphatic carbocycles. The number of benzene rings is 2. The summed E-state index contributed by atoms with van der Waals surface area (Å²) in [7, 11) is 0. The van der Waals surface area contributed by atoms with Crippen LogP contribution in [0.15, 0.2) is 42.5 Å². The first-order valence-electron chi connectivity index (χ1n) is 6.34. The number of rotatable bonds is 4. The van der Waals surface area contributed by atoms with Crippen LogP contribution in [0.1, 0.15) is 30.9 Å². The lowest BCUT2D eigenvalue weighted by molar-refractivity contribution is 0.865. The summed E-state index contributed by atoms with van der Waals surface area (Å²) in [5.74, 6) is 0.560. The Balaban J connectivity index is 2.04. The number of hydrogen-bond acceptors (Lipinski definition) is 1. The second-order valence-electron chi connectivity index (χ2n) is 4.85. The first-order chi connectivity index (χ1) is 9.08. The molecular weight excluding hydrogens is 277 g/mol. The molecule has 100 valence electrons. The standard InChI is InChI=1S/C16H17Cl2N/c1-11(2)13-8-6-12(7-9-13)10-19-15-5-3-4-14(17)16(15)18/h3-9,11,19H,10H2,1-2H3. The average molecular weight is 294 g/mol. The van der Waals surface area contributed by atoms with Gasteiger partial charge in [0.1, 0.15) is 0 Å². The predicted octanol–water partition coefficient (Wildman–Crippen LogP) is 5.73. The topological polar surface area (TPSA) is 12.0 Å². The highest BCUT2D eigenvalue weighted by Gasteiger charge is 2.04. The zero-order valence-corrected chi connectivity index (χ0v) is 12.6. The minimum Gasteiger partial charge on any atom is -0.380 e. The van der Waals surface area contributed by atoms with Crippen molar-refractivity contribution in [1.82, 2.24) is 0 Å². The first-order valence-corrected chi connectivity index (χ1v) is 7.10. The molecule has 3 heteroatoms. The third kappa shape index (κ3) is 3.65. The van der Waals surface area contributed by atoms with Crippen molar-refractivity contribution in [2.24, 2.45) is 0 Å². The van der Waals surface area contributed by atoms with E-state index in [9.17, 15) is 0 Å². The Morgan fingerprint density at radius 2 is 1.68 bits per heavy atom. The quantitative estimate of drug-likeness (QED) is 0.759. The van der Waals surface area contributed by atoms with E-state index in [1.807, 2.05) is 12.1 Å². The van der Waals surface area contributed by atoms with E-state index >= 15 is 0 Å². The highest BCUT2D eigenvalue weighted by molar-refractivity contribution is 6.43. The molecule has 0 heterocycles. The molecule has 2 aromatic rings. The molecule has 0 aliphatic heterocycles. The molecule has 0 amide bonds. The van der Waals surface area contributed by atoms with Gasteiger partial charge in [-0.15, -0.1) is 0 Å². The maximum Gasteiger partial charge on any atom is 0.0823 e. The van der Waals surface area contributed by atoms with Crippen LogP contribution in [0, 0.1) is 0 Å². The summed E-state index contributed by atoms with van der Waals surface area (Å²) in [6, 6.07) is 14.2. The second-order valence-corrected chi connectivity index (χ2v) is 5.64. The lowest BCUT2D eigenvalue weighted by atomic mass is 10.0. The van der Waals surface area contributed by atoms with Crippen LogP contribution in [0.3, 0.4) is 0 Å². The first kappa shape index (κ1) is 14.2. The van der Waals surface area contributed by atoms with Gasteiger partial charge in [-0.05, 0) is 29.2 Å². The Hall–Kier alpha value is -1.18. The molecule has 0 aliphatic rings. The second kappa shape index (κ2) is 6.31. The van der Waals surface area contributed by atoms with Crippen LogP contribution in [-0.2, 0) is 6.54 Å². The molecular formula is C16H17Cl2N. The Morgan fingerprint density at radius 1 is 1.00 bits per heavy atom. The molecule has 19 heavy (non-hydrogen) atoms. The molecule has 0 saturated heterocycles. The molecule has 0 saturated carbocycles. The van der Waals surface area contributed by atoms with Crippen molar-refractivity contribution in [3.63, 3.8) is 0 Å². The van der Waals surface area contributed by atoms with E-state index in [1.54, 1.807) is 6.07 Å². The Labute approximate surface area is 124 Å². The summed E-state index contributed by atoms with van der Waals surface area (Å²) in [6.45, 7) is 5.12. The third-order valence-electron chi connectivity index (χ3n) is 3.08. The van der Waals surface area contributed by atoms with Gasteiger partial charge in [-0.3, -0.25) is 0 Å². The fraction of sp³-hybridized carbons (Fsp3) is 0.250. The fourth-order valence-corrected chi connectivity index (χ4v) is 2.23.